The van der Waals surface area contributed by atoms with Crippen molar-refractivity contribution in [2.45, 2.75) is 38.7 Å². The molecule has 1 amide bonds. The summed E-state index contributed by atoms with van der Waals surface area (Å²) in [5.74, 6) is -3.03. The number of alkyl halides is 2. The minimum Gasteiger partial charge on any atom is -0.349 e. The topological polar surface area (TPSA) is 42.0 Å². The molecule has 18 heavy (non-hydrogen) atoms. The molecular weight excluding hydrogens is 262 g/mol. The summed E-state index contributed by atoms with van der Waals surface area (Å²) in [4.78, 5) is 15.3. The zero-order valence-electron chi connectivity index (χ0n) is 10.2. The Morgan fingerprint density at radius 2 is 2.06 bits per heavy atom. The fourth-order valence-corrected chi connectivity index (χ4v) is 1.65. The Kier molecular flexibility index (Phi) is 5.02. The Labute approximate surface area is 110 Å². The highest BCUT2D eigenvalue weighted by atomic mass is 35.5. The van der Waals surface area contributed by atoms with Crippen LogP contribution < -0.4 is 5.32 Å². The normalized spacial score (nSPS) is 17.2. The van der Waals surface area contributed by atoms with Crippen LogP contribution in [0.15, 0.2) is 18.3 Å². The molecule has 1 fully saturated rings. The van der Waals surface area contributed by atoms with Gasteiger partial charge in [0, 0.05) is 25.1 Å². The van der Waals surface area contributed by atoms with Crippen molar-refractivity contribution in [1.82, 2.24) is 10.3 Å². The molecule has 1 aromatic rings. The van der Waals surface area contributed by atoms with Gasteiger partial charge >= 0.3 is 0 Å². The second-order valence-electron chi connectivity index (χ2n) is 3.80. The van der Waals surface area contributed by atoms with Crippen molar-refractivity contribution in [2.75, 3.05) is 0 Å². The van der Waals surface area contributed by atoms with E-state index in [0.717, 1.165) is 0 Å². The number of carbonyl (C=O) groups is 1. The number of carbonyl (C=O) groups excluding carboxylic acids is 1. The van der Waals surface area contributed by atoms with Gasteiger partial charge in [-0.15, -0.1) is 0 Å². The second-order valence-corrected chi connectivity index (χ2v) is 4.19. The SMILES string of the molecule is CC.O=C(NC1CC(F)(F)C1)c1ccc(Cl)nc1. The van der Waals surface area contributed by atoms with Crippen LogP contribution in [-0.4, -0.2) is 22.9 Å². The Hall–Kier alpha value is -1.23. The third-order valence-corrected chi connectivity index (χ3v) is 2.64. The van der Waals surface area contributed by atoms with E-state index >= 15 is 0 Å². The van der Waals surface area contributed by atoms with E-state index in [2.05, 4.69) is 10.3 Å². The van der Waals surface area contributed by atoms with Crippen molar-refractivity contribution < 1.29 is 13.6 Å². The smallest absolute Gasteiger partial charge is 0.253 e. The Morgan fingerprint density at radius 3 is 2.50 bits per heavy atom. The number of hydrogen-bond acceptors (Lipinski definition) is 2. The monoisotopic (exact) mass is 276 g/mol. The fraction of sp³-hybridized carbons (Fsp3) is 0.500. The molecule has 0 bridgehead atoms. The summed E-state index contributed by atoms with van der Waals surface area (Å²) in [6, 6.07) is 2.53. The molecule has 1 aromatic heterocycles. The molecule has 1 heterocycles. The first-order chi connectivity index (χ1) is 8.46. The van der Waals surface area contributed by atoms with Crippen molar-refractivity contribution >= 4 is 17.5 Å². The lowest BCUT2D eigenvalue weighted by atomic mass is 9.88. The average Bonchev–Trinajstić information content (AvgIpc) is 2.30. The quantitative estimate of drug-likeness (QED) is 0.842. The van der Waals surface area contributed by atoms with Crippen molar-refractivity contribution in [3.05, 3.63) is 29.0 Å². The number of halogens is 3. The molecule has 0 saturated heterocycles. The van der Waals surface area contributed by atoms with Gasteiger partial charge in [-0.2, -0.15) is 0 Å². The minimum atomic E-state index is -2.63. The van der Waals surface area contributed by atoms with E-state index in [1.165, 1.54) is 18.3 Å². The molecule has 100 valence electrons. The van der Waals surface area contributed by atoms with Crippen LogP contribution in [0.25, 0.3) is 0 Å². The molecular formula is C12H15ClF2N2O. The molecule has 0 aliphatic heterocycles. The van der Waals surface area contributed by atoms with E-state index in [1.54, 1.807) is 0 Å². The van der Waals surface area contributed by atoms with Gasteiger partial charge < -0.3 is 5.32 Å². The van der Waals surface area contributed by atoms with Gasteiger partial charge in [-0.1, -0.05) is 25.4 Å². The highest BCUT2D eigenvalue weighted by Gasteiger charge is 2.45. The Bertz CT molecular complexity index is 401. The van der Waals surface area contributed by atoms with E-state index in [9.17, 15) is 13.6 Å². The van der Waals surface area contributed by atoms with Crippen LogP contribution in [0.3, 0.4) is 0 Å². The van der Waals surface area contributed by atoms with Crippen molar-refractivity contribution in [3.63, 3.8) is 0 Å². The van der Waals surface area contributed by atoms with Gasteiger partial charge in [0.15, 0.2) is 0 Å². The third-order valence-electron chi connectivity index (χ3n) is 2.41. The number of rotatable bonds is 2. The molecule has 0 spiro atoms. The number of hydrogen-bond donors (Lipinski definition) is 1. The molecule has 0 aromatic carbocycles. The van der Waals surface area contributed by atoms with Crippen molar-refractivity contribution in [1.29, 1.82) is 0 Å². The van der Waals surface area contributed by atoms with E-state index in [1.807, 2.05) is 13.8 Å². The number of amides is 1. The van der Waals surface area contributed by atoms with Gasteiger partial charge in [-0.05, 0) is 12.1 Å². The maximum absolute atomic E-state index is 12.5. The summed E-state index contributed by atoms with van der Waals surface area (Å²) in [6.07, 6.45) is 0.730. The van der Waals surface area contributed by atoms with Crippen molar-refractivity contribution in [2.24, 2.45) is 0 Å². The van der Waals surface area contributed by atoms with Gasteiger partial charge in [0.05, 0.1) is 5.56 Å². The van der Waals surface area contributed by atoms with Gasteiger partial charge in [0.2, 0.25) is 0 Å². The summed E-state index contributed by atoms with van der Waals surface area (Å²) in [7, 11) is 0. The van der Waals surface area contributed by atoms with Crippen LogP contribution in [-0.2, 0) is 0 Å². The lowest BCUT2D eigenvalue weighted by molar-refractivity contribution is -0.0901. The minimum absolute atomic E-state index is 0.284. The first-order valence-electron chi connectivity index (χ1n) is 5.76. The highest BCUT2D eigenvalue weighted by Crippen LogP contribution is 2.37. The molecule has 2 rings (SSSR count). The molecule has 0 radical (unpaired) electrons. The number of nitrogens with zero attached hydrogens (tertiary/aromatic N) is 1. The van der Waals surface area contributed by atoms with E-state index in [0.29, 0.717) is 5.56 Å². The third kappa shape index (κ3) is 3.91. The summed E-state index contributed by atoms with van der Waals surface area (Å²) in [5, 5.41) is 2.79. The largest absolute Gasteiger partial charge is 0.349 e. The maximum Gasteiger partial charge on any atom is 0.253 e. The van der Waals surface area contributed by atoms with Crippen LogP contribution in [0.2, 0.25) is 5.15 Å². The first kappa shape index (κ1) is 14.8. The molecule has 6 heteroatoms. The molecule has 1 N–H and O–H groups in total. The van der Waals surface area contributed by atoms with Crippen LogP contribution >= 0.6 is 11.6 Å². The zero-order valence-corrected chi connectivity index (χ0v) is 11.0. The van der Waals surface area contributed by atoms with Crippen LogP contribution in [0, 0.1) is 0 Å². The number of aromatic nitrogens is 1. The molecule has 1 saturated carbocycles. The van der Waals surface area contributed by atoms with Crippen LogP contribution in [0.1, 0.15) is 37.0 Å². The maximum atomic E-state index is 12.5. The highest BCUT2D eigenvalue weighted by molar-refractivity contribution is 6.29. The second kappa shape index (κ2) is 6.09. The predicted molar refractivity (Wildman–Crippen MR) is 66.0 cm³/mol. The van der Waals surface area contributed by atoms with E-state index in [4.69, 9.17) is 11.6 Å². The molecule has 3 nitrogen and oxygen atoms in total. The molecule has 1 aliphatic rings. The summed E-state index contributed by atoms with van der Waals surface area (Å²) < 4.78 is 25.0. The standard InChI is InChI=1S/C10H9ClF2N2O.C2H6/c11-8-2-1-6(5-14-8)9(16)15-7-3-10(12,13)4-7;1-2/h1-2,5,7H,3-4H2,(H,15,16);1-2H3. The summed E-state index contributed by atoms with van der Waals surface area (Å²) in [6.45, 7) is 4.00. The molecule has 0 atom stereocenters. The average molecular weight is 277 g/mol. The van der Waals surface area contributed by atoms with E-state index in [-0.39, 0.29) is 18.0 Å². The van der Waals surface area contributed by atoms with Crippen molar-refractivity contribution in [3.8, 4) is 0 Å². The van der Waals surface area contributed by atoms with E-state index < -0.39 is 17.9 Å². The Morgan fingerprint density at radius 1 is 1.44 bits per heavy atom. The van der Waals surface area contributed by atoms with Gasteiger partial charge in [0.25, 0.3) is 11.8 Å². The molecule has 1 aliphatic carbocycles. The lowest BCUT2D eigenvalue weighted by Crippen LogP contribution is -2.50. The summed E-state index contributed by atoms with van der Waals surface area (Å²) in [5.41, 5.74) is 0.319. The lowest BCUT2D eigenvalue weighted by Gasteiger charge is -2.35. The van der Waals surface area contributed by atoms with Crippen LogP contribution in [0.5, 0.6) is 0 Å². The number of nitrogens with one attached hydrogen (secondary N) is 1. The zero-order chi connectivity index (χ0) is 13.8. The number of pyridine rings is 1. The van der Waals surface area contributed by atoms with Gasteiger partial charge in [0.1, 0.15) is 5.15 Å². The van der Waals surface area contributed by atoms with Gasteiger partial charge in [-0.25, -0.2) is 13.8 Å². The fourth-order valence-electron chi connectivity index (χ4n) is 1.54. The van der Waals surface area contributed by atoms with Gasteiger partial charge in [-0.3, -0.25) is 4.79 Å². The first-order valence-corrected chi connectivity index (χ1v) is 6.14. The summed E-state index contributed by atoms with van der Waals surface area (Å²) >= 11 is 5.56. The van der Waals surface area contributed by atoms with Crippen LogP contribution in [0.4, 0.5) is 8.78 Å². The molecule has 0 unspecified atom stereocenters. The predicted octanol–water partition coefficient (Wildman–Crippen LogP) is 3.29. The Balaban J connectivity index is 0.000000771.